The number of nitrogens with zero attached hydrogens (tertiary/aromatic N) is 2. The summed E-state index contributed by atoms with van der Waals surface area (Å²) < 4.78 is 0. The Morgan fingerprint density at radius 1 is 0.882 bits per heavy atom. The monoisotopic (exact) mass is 227 g/mol. The Labute approximate surface area is 99.1 Å². The minimum absolute atomic E-state index is 0.855. The number of para-hydroxylation sites is 1. The molecule has 86 valence electrons. The fourth-order valence-electron chi connectivity index (χ4n) is 1.99. The van der Waals surface area contributed by atoms with Crippen LogP contribution >= 0.6 is 0 Å². The predicted molar refractivity (Wildman–Crippen MR) is 68.2 cm³/mol. The summed E-state index contributed by atoms with van der Waals surface area (Å²) in [6.45, 7) is 0. The summed E-state index contributed by atoms with van der Waals surface area (Å²) in [4.78, 5) is 0. The Morgan fingerprint density at radius 2 is 1.65 bits per heavy atom. The van der Waals surface area contributed by atoms with Crippen molar-refractivity contribution < 1.29 is 0 Å². The highest BCUT2D eigenvalue weighted by Crippen LogP contribution is 2.38. The smallest absolute Gasteiger partial charge is 0.0987 e. The fraction of sp³-hybridized carbons (Fsp3) is 0. The van der Waals surface area contributed by atoms with Crippen LogP contribution < -0.4 is 22.2 Å². The number of rotatable bonds is 1. The summed E-state index contributed by atoms with van der Waals surface area (Å²) >= 11 is 0. The molecule has 5 heteroatoms. The molecule has 0 fully saturated rings. The lowest BCUT2D eigenvalue weighted by Gasteiger charge is -2.17. The molecule has 3 rings (SSSR count). The Kier molecular flexibility index (Phi) is 2.22. The van der Waals surface area contributed by atoms with Crippen LogP contribution in [-0.2, 0) is 0 Å². The van der Waals surface area contributed by atoms with Crippen LogP contribution in [0.2, 0.25) is 0 Å². The van der Waals surface area contributed by atoms with Gasteiger partial charge in [-0.05, 0) is 11.6 Å². The molecule has 0 radical (unpaired) electrons. The maximum absolute atomic E-state index is 5.81. The van der Waals surface area contributed by atoms with E-state index in [4.69, 9.17) is 11.7 Å². The Bertz CT molecular complexity index is 540. The van der Waals surface area contributed by atoms with Crippen LogP contribution in [0.1, 0.15) is 0 Å². The summed E-state index contributed by atoms with van der Waals surface area (Å²) in [6.07, 6.45) is 0. The molecule has 0 saturated heterocycles. The predicted octanol–water partition coefficient (Wildman–Crippen LogP) is 1.46. The summed E-state index contributed by atoms with van der Waals surface area (Å²) in [6, 6.07) is 16.0. The lowest BCUT2D eigenvalue weighted by Crippen LogP contribution is -2.50. The highest BCUT2D eigenvalue weighted by Gasteiger charge is 2.24. The Balaban J connectivity index is 2.16. The van der Waals surface area contributed by atoms with Gasteiger partial charge < -0.3 is 0 Å². The molecule has 0 aromatic heterocycles. The highest BCUT2D eigenvalue weighted by atomic mass is 16.0. The minimum atomic E-state index is 0.855. The number of anilines is 2. The maximum atomic E-state index is 5.81. The normalized spacial score (nSPS) is 14.6. The average Bonchev–Trinajstić information content (AvgIpc) is 2.67. The Hall–Kier alpha value is -2.08. The van der Waals surface area contributed by atoms with Crippen molar-refractivity contribution in [1.29, 1.82) is 0 Å². The van der Waals surface area contributed by atoms with Crippen LogP contribution in [0, 0.1) is 0 Å². The molecule has 0 amide bonds. The van der Waals surface area contributed by atoms with E-state index in [0.29, 0.717) is 0 Å². The second-order valence-electron chi connectivity index (χ2n) is 3.87. The Morgan fingerprint density at radius 3 is 2.41 bits per heavy atom. The standard InChI is InChI=1S/C12H13N5/c13-16-11-8-4-7-10(12(11)15-17(16)14)9-5-2-1-3-6-9/h1-8,15H,13-14H2. The molecule has 0 saturated carbocycles. The van der Waals surface area contributed by atoms with Crippen molar-refractivity contribution >= 4 is 11.4 Å². The van der Waals surface area contributed by atoms with Gasteiger partial charge in [-0.2, -0.15) is 0 Å². The average molecular weight is 227 g/mol. The third-order valence-corrected chi connectivity index (χ3v) is 2.83. The van der Waals surface area contributed by atoms with Gasteiger partial charge in [0, 0.05) is 5.56 Å². The molecule has 0 unspecified atom stereocenters. The van der Waals surface area contributed by atoms with Gasteiger partial charge in [0.25, 0.3) is 0 Å². The molecule has 5 N–H and O–H groups in total. The second-order valence-corrected chi connectivity index (χ2v) is 3.87. The molecule has 0 atom stereocenters. The van der Waals surface area contributed by atoms with Crippen LogP contribution in [0.5, 0.6) is 0 Å². The van der Waals surface area contributed by atoms with Crippen LogP contribution in [0.3, 0.4) is 0 Å². The van der Waals surface area contributed by atoms with E-state index in [-0.39, 0.29) is 0 Å². The van der Waals surface area contributed by atoms with Crippen LogP contribution in [0.25, 0.3) is 11.1 Å². The SMILES string of the molecule is NN1Nc2c(-c3ccccc3)cccc2N1N. The second kappa shape index (κ2) is 3.74. The van der Waals surface area contributed by atoms with Gasteiger partial charge in [-0.1, -0.05) is 47.7 Å². The molecule has 2 aromatic rings. The lowest BCUT2D eigenvalue weighted by atomic mass is 10.0. The van der Waals surface area contributed by atoms with Crippen LogP contribution in [-0.4, -0.2) is 5.23 Å². The molecule has 0 bridgehead atoms. The third-order valence-electron chi connectivity index (χ3n) is 2.83. The lowest BCUT2D eigenvalue weighted by molar-refractivity contribution is 0.333. The zero-order chi connectivity index (χ0) is 11.8. The van der Waals surface area contributed by atoms with E-state index < -0.39 is 0 Å². The van der Waals surface area contributed by atoms with Gasteiger partial charge in [-0.25, -0.2) is 16.8 Å². The number of nitrogens with one attached hydrogen (secondary N) is 1. The summed E-state index contributed by atoms with van der Waals surface area (Å²) in [7, 11) is 0. The molecule has 1 heterocycles. The first kappa shape index (κ1) is 10.1. The molecule has 1 aliphatic rings. The number of hydrogen-bond acceptors (Lipinski definition) is 5. The van der Waals surface area contributed by atoms with E-state index >= 15 is 0 Å². The number of benzene rings is 2. The van der Waals surface area contributed by atoms with E-state index in [2.05, 4.69) is 17.6 Å². The van der Waals surface area contributed by atoms with E-state index in [9.17, 15) is 0 Å². The van der Waals surface area contributed by atoms with Gasteiger partial charge >= 0.3 is 0 Å². The molecule has 1 aliphatic heterocycles. The quantitative estimate of drug-likeness (QED) is 0.643. The van der Waals surface area contributed by atoms with Crippen molar-refractivity contribution in [3.8, 4) is 11.1 Å². The largest absolute Gasteiger partial charge is 0.283 e. The molecule has 5 nitrogen and oxygen atoms in total. The van der Waals surface area contributed by atoms with Crippen LogP contribution in [0.4, 0.5) is 11.4 Å². The van der Waals surface area contributed by atoms with E-state index in [1.54, 1.807) is 0 Å². The number of hydrazine groups is 4. The van der Waals surface area contributed by atoms with Crippen molar-refractivity contribution in [3.63, 3.8) is 0 Å². The highest BCUT2D eigenvalue weighted by molar-refractivity contribution is 5.88. The molecule has 0 aliphatic carbocycles. The van der Waals surface area contributed by atoms with Gasteiger partial charge in [-0.3, -0.25) is 5.43 Å². The van der Waals surface area contributed by atoms with Gasteiger partial charge in [-0.15, -0.1) is 0 Å². The first-order chi connectivity index (χ1) is 8.27. The van der Waals surface area contributed by atoms with Crippen molar-refractivity contribution in [2.24, 2.45) is 11.7 Å². The van der Waals surface area contributed by atoms with Crippen molar-refractivity contribution in [2.75, 3.05) is 10.5 Å². The molecular weight excluding hydrogens is 214 g/mol. The first-order valence-electron chi connectivity index (χ1n) is 5.32. The van der Waals surface area contributed by atoms with E-state index in [1.807, 2.05) is 36.4 Å². The molecule has 17 heavy (non-hydrogen) atoms. The molecule has 2 aromatic carbocycles. The molecule has 0 spiro atoms. The summed E-state index contributed by atoms with van der Waals surface area (Å²) in [5.74, 6) is 11.5. The number of fused-ring (bicyclic) bond motifs is 1. The zero-order valence-electron chi connectivity index (χ0n) is 9.17. The summed E-state index contributed by atoms with van der Waals surface area (Å²) in [5.41, 5.74) is 7.00. The summed E-state index contributed by atoms with van der Waals surface area (Å²) in [5, 5.41) is 2.64. The van der Waals surface area contributed by atoms with Gasteiger partial charge in [0.2, 0.25) is 0 Å². The topological polar surface area (TPSA) is 70.5 Å². The van der Waals surface area contributed by atoms with Crippen LogP contribution in [0.15, 0.2) is 48.5 Å². The van der Waals surface area contributed by atoms with E-state index in [0.717, 1.165) is 22.5 Å². The van der Waals surface area contributed by atoms with Crippen molar-refractivity contribution in [2.45, 2.75) is 0 Å². The number of nitrogens with two attached hydrogens (primary N) is 2. The van der Waals surface area contributed by atoms with E-state index in [1.165, 1.54) is 10.3 Å². The fourth-order valence-corrected chi connectivity index (χ4v) is 1.99. The first-order valence-corrected chi connectivity index (χ1v) is 5.32. The zero-order valence-corrected chi connectivity index (χ0v) is 9.17. The van der Waals surface area contributed by atoms with Gasteiger partial charge in [0.15, 0.2) is 0 Å². The number of hydrogen-bond donors (Lipinski definition) is 3. The van der Waals surface area contributed by atoms with Gasteiger partial charge in [0.1, 0.15) is 0 Å². The van der Waals surface area contributed by atoms with Crippen molar-refractivity contribution in [1.82, 2.24) is 5.23 Å². The maximum Gasteiger partial charge on any atom is 0.0987 e. The van der Waals surface area contributed by atoms with Crippen molar-refractivity contribution in [3.05, 3.63) is 48.5 Å². The molecular formula is C12H13N5. The third kappa shape index (κ3) is 1.53. The van der Waals surface area contributed by atoms with Gasteiger partial charge in [0.05, 0.1) is 11.4 Å². The minimum Gasteiger partial charge on any atom is -0.283 e.